The van der Waals surface area contributed by atoms with Gasteiger partial charge in [-0.15, -0.1) is 0 Å². The van der Waals surface area contributed by atoms with Crippen molar-refractivity contribution >= 4 is 0 Å². The lowest BCUT2D eigenvalue weighted by atomic mass is 9.92. The van der Waals surface area contributed by atoms with Gasteiger partial charge in [-0.3, -0.25) is 0 Å². The Hall–Kier alpha value is -0.0800. The lowest BCUT2D eigenvalue weighted by molar-refractivity contribution is 0.268. The van der Waals surface area contributed by atoms with Gasteiger partial charge >= 0.3 is 0 Å². The molecule has 0 rings (SSSR count). The van der Waals surface area contributed by atoms with Gasteiger partial charge in [0.25, 0.3) is 0 Å². The molecule has 0 spiro atoms. The van der Waals surface area contributed by atoms with Gasteiger partial charge in [-0.2, -0.15) is 0 Å². The molecule has 1 N–H and O–H groups in total. The van der Waals surface area contributed by atoms with Crippen LogP contribution in [0.2, 0.25) is 0 Å². The molecule has 92 valence electrons. The van der Waals surface area contributed by atoms with E-state index in [4.69, 9.17) is 0 Å². The van der Waals surface area contributed by atoms with Crippen molar-refractivity contribution in [3.05, 3.63) is 0 Å². The Balaban J connectivity index is 3.26. The van der Waals surface area contributed by atoms with Crippen LogP contribution in [0.5, 0.6) is 0 Å². The number of hydrogen-bond donors (Lipinski definition) is 1. The second kappa shape index (κ2) is 7.24. The minimum absolute atomic E-state index is 0.460. The highest BCUT2D eigenvalue weighted by Crippen LogP contribution is 2.16. The molecule has 0 aromatic rings. The fourth-order valence-corrected chi connectivity index (χ4v) is 1.30. The summed E-state index contributed by atoms with van der Waals surface area (Å²) in [6.07, 6.45) is 2.51. The number of nitrogens with zero attached hydrogens (tertiary/aromatic N) is 1. The number of nitrogens with one attached hydrogen (secondary N) is 1. The first-order valence-electron chi connectivity index (χ1n) is 6.24. The van der Waals surface area contributed by atoms with E-state index in [1.807, 2.05) is 0 Å². The van der Waals surface area contributed by atoms with Gasteiger partial charge in [0.15, 0.2) is 0 Å². The van der Waals surface area contributed by atoms with Crippen LogP contribution in [-0.2, 0) is 0 Å². The van der Waals surface area contributed by atoms with Crippen LogP contribution in [0, 0.1) is 5.41 Å². The molecular formula is C13H30N2. The van der Waals surface area contributed by atoms with E-state index in [0.717, 1.165) is 13.1 Å². The van der Waals surface area contributed by atoms with E-state index in [2.05, 4.69) is 51.9 Å². The molecule has 0 aliphatic rings. The summed E-state index contributed by atoms with van der Waals surface area (Å²) in [6, 6.07) is 0.666. The molecule has 2 heteroatoms. The number of rotatable bonds is 7. The predicted octanol–water partition coefficient (Wildman–Crippen LogP) is 2.74. The Morgan fingerprint density at radius 1 is 1.13 bits per heavy atom. The van der Waals surface area contributed by atoms with Crippen molar-refractivity contribution in [1.82, 2.24) is 10.2 Å². The predicted molar refractivity (Wildman–Crippen MR) is 69.3 cm³/mol. The summed E-state index contributed by atoms with van der Waals surface area (Å²) < 4.78 is 0. The van der Waals surface area contributed by atoms with Crippen LogP contribution < -0.4 is 5.32 Å². The first-order valence-corrected chi connectivity index (χ1v) is 6.24. The Bertz CT molecular complexity index is 147. The Labute approximate surface area is 96.4 Å². The summed E-state index contributed by atoms with van der Waals surface area (Å²) in [5, 5.41) is 3.51. The Morgan fingerprint density at radius 2 is 1.73 bits per heavy atom. The van der Waals surface area contributed by atoms with E-state index in [9.17, 15) is 0 Å². The van der Waals surface area contributed by atoms with Crippen LogP contribution in [0.25, 0.3) is 0 Å². The van der Waals surface area contributed by atoms with Crippen molar-refractivity contribution < 1.29 is 0 Å². The van der Waals surface area contributed by atoms with E-state index < -0.39 is 0 Å². The van der Waals surface area contributed by atoms with E-state index >= 15 is 0 Å². The maximum absolute atomic E-state index is 3.51. The van der Waals surface area contributed by atoms with Gasteiger partial charge < -0.3 is 10.2 Å². The van der Waals surface area contributed by atoms with Gasteiger partial charge in [0.1, 0.15) is 0 Å². The zero-order chi connectivity index (χ0) is 11.9. The van der Waals surface area contributed by atoms with Crippen LogP contribution in [0.4, 0.5) is 0 Å². The van der Waals surface area contributed by atoms with Crippen molar-refractivity contribution in [2.75, 3.05) is 26.7 Å². The molecule has 0 fully saturated rings. The molecule has 0 aromatic carbocycles. The second-order valence-electron chi connectivity index (χ2n) is 5.99. The monoisotopic (exact) mass is 214 g/mol. The average Bonchev–Trinajstić information content (AvgIpc) is 2.08. The Morgan fingerprint density at radius 3 is 2.20 bits per heavy atom. The molecule has 0 aliphatic heterocycles. The molecular weight excluding hydrogens is 184 g/mol. The standard InChI is InChI=1S/C13H30N2/c1-12(2)15(6)11-7-9-14-10-8-13(3,4)5/h12,14H,7-11H2,1-6H3. The largest absolute Gasteiger partial charge is 0.317 e. The van der Waals surface area contributed by atoms with Crippen molar-refractivity contribution in [3.63, 3.8) is 0 Å². The third-order valence-corrected chi connectivity index (χ3v) is 2.80. The molecule has 0 saturated heterocycles. The first kappa shape index (κ1) is 14.9. The highest BCUT2D eigenvalue weighted by atomic mass is 15.1. The third kappa shape index (κ3) is 10.2. The SMILES string of the molecule is CC(C)N(C)CCCNCCC(C)(C)C. The van der Waals surface area contributed by atoms with Gasteiger partial charge in [-0.05, 0) is 58.8 Å². The van der Waals surface area contributed by atoms with Gasteiger partial charge in [0.2, 0.25) is 0 Å². The zero-order valence-corrected chi connectivity index (χ0v) is 11.6. The van der Waals surface area contributed by atoms with Crippen molar-refractivity contribution in [2.45, 2.75) is 53.5 Å². The van der Waals surface area contributed by atoms with Gasteiger partial charge in [0, 0.05) is 6.04 Å². The van der Waals surface area contributed by atoms with Crippen LogP contribution in [-0.4, -0.2) is 37.6 Å². The molecule has 15 heavy (non-hydrogen) atoms. The molecule has 0 saturated carbocycles. The van der Waals surface area contributed by atoms with E-state index in [1.165, 1.54) is 19.4 Å². The summed E-state index contributed by atoms with van der Waals surface area (Å²) in [6.45, 7) is 14.9. The zero-order valence-electron chi connectivity index (χ0n) is 11.6. The summed E-state index contributed by atoms with van der Waals surface area (Å²) >= 11 is 0. The summed E-state index contributed by atoms with van der Waals surface area (Å²) in [4.78, 5) is 2.39. The van der Waals surface area contributed by atoms with Crippen LogP contribution in [0.1, 0.15) is 47.5 Å². The Kier molecular flexibility index (Phi) is 7.20. The molecule has 0 heterocycles. The number of hydrogen-bond acceptors (Lipinski definition) is 2. The summed E-state index contributed by atoms with van der Waals surface area (Å²) in [5.41, 5.74) is 0.460. The lowest BCUT2D eigenvalue weighted by Gasteiger charge is -2.21. The normalized spacial score (nSPS) is 12.8. The van der Waals surface area contributed by atoms with Gasteiger partial charge in [-0.1, -0.05) is 20.8 Å². The van der Waals surface area contributed by atoms with E-state index in [1.54, 1.807) is 0 Å². The average molecular weight is 214 g/mol. The van der Waals surface area contributed by atoms with Crippen molar-refractivity contribution in [1.29, 1.82) is 0 Å². The molecule has 2 nitrogen and oxygen atoms in total. The van der Waals surface area contributed by atoms with Gasteiger partial charge in [-0.25, -0.2) is 0 Å². The van der Waals surface area contributed by atoms with Crippen LogP contribution in [0.3, 0.4) is 0 Å². The highest BCUT2D eigenvalue weighted by Gasteiger charge is 2.08. The van der Waals surface area contributed by atoms with Crippen molar-refractivity contribution in [2.24, 2.45) is 5.41 Å². The highest BCUT2D eigenvalue weighted by molar-refractivity contribution is 4.63. The smallest absolute Gasteiger partial charge is 0.00355 e. The quantitative estimate of drug-likeness (QED) is 0.656. The summed E-state index contributed by atoms with van der Waals surface area (Å²) in [5.74, 6) is 0. The minimum Gasteiger partial charge on any atom is -0.317 e. The summed E-state index contributed by atoms with van der Waals surface area (Å²) in [7, 11) is 2.19. The maximum Gasteiger partial charge on any atom is 0.00355 e. The molecule has 0 radical (unpaired) electrons. The third-order valence-electron chi connectivity index (χ3n) is 2.80. The van der Waals surface area contributed by atoms with Gasteiger partial charge in [0.05, 0.1) is 0 Å². The first-order chi connectivity index (χ1) is 6.83. The van der Waals surface area contributed by atoms with E-state index in [-0.39, 0.29) is 0 Å². The molecule has 0 aliphatic carbocycles. The van der Waals surface area contributed by atoms with E-state index in [0.29, 0.717) is 11.5 Å². The molecule has 0 amide bonds. The molecule has 0 bridgehead atoms. The topological polar surface area (TPSA) is 15.3 Å². The van der Waals surface area contributed by atoms with Crippen LogP contribution in [0.15, 0.2) is 0 Å². The van der Waals surface area contributed by atoms with Crippen molar-refractivity contribution in [3.8, 4) is 0 Å². The molecule has 0 unspecified atom stereocenters. The lowest BCUT2D eigenvalue weighted by Crippen LogP contribution is -2.30. The minimum atomic E-state index is 0.460. The maximum atomic E-state index is 3.51. The fraction of sp³-hybridized carbons (Fsp3) is 1.00. The molecule has 0 atom stereocenters. The molecule has 0 aromatic heterocycles. The second-order valence-corrected chi connectivity index (χ2v) is 5.99. The fourth-order valence-electron chi connectivity index (χ4n) is 1.30. The van der Waals surface area contributed by atoms with Crippen LogP contribution >= 0.6 is 0 Å².